The SMILES string of the molecule is CCC1CCCCN1C.NCC(=O)O. The standard InChI is InChI=1S/C8H17N.C2H5NO2/c1-3-8-6-4-5-7-9(8)2;3-1-2(4)5/h8H,3-7H2,1-2H3;1,3H2,(H,4,5). The molecule has 1 aliphatic rings. The van der Waals surface area contributed by atoms with Gasteiger partial charge in [-0.05, 0) is 32.9 Å². The molecule has 0 amide bonds. The smallest absolute Gasteiger partial charge is 0.317 e. The second-order valence-corrected chi connectivity index (χ2v) is 3.64. The van der Waals surface area contributed by atoms with E-state index in [1.807, 2.05) is 0 Å². The number of hydrogen-bond donors (Lipinski definition) is 2. The van der Waals surface area contributed by atoms with Gasteiger partial charge in [0.1, 0.15) is 0 Å². The molecule has 0 bridgehead atoms. The van der Waals surface area contributed by atoms with E-state index in [4.69, 9.17) is 5.11 Å². The summed E-state index contributed by atoms with van der Waals surface area (Å²) in [4.78, 5) is 11.7. The van der Waals surface area contributed by atoms with Crippen molar-refractivity contribution in [3.8, 4) is 0 Å². The molecule has 0 aromatic rings. The van der Waals surface area contributed by atoms with E-state index in [2.05, 4.69) is 24.6 Å². The number of carboxylic acids is 1. The Bertz CT molecular complexity index is 162. The summed E-state index contributed by atoms with van der Waals surface area (Å²) in [7, 11) is 2.24. The Kier molecular flexibility index (Phi) is 7.42. The van der Waals surface area contributed by atoms with Gasteiger partial charge < -0.3 is 15.7 Å². The lowest BCUT2D eigenvalue weighted by molar-refractivity contribution is -0.135. The first kappa shape index (κ1) is 13.4. The van der Waals surface area contributed by atoms with Crippen molar-refractivity contribution in [3.63, 3.8) is 0 Å². The third kappa shape index (κ3) is 5.94. The zero-order chi connectivity index (χ0) is 11.0. The van der Waals surface area contributed by atoms with Crippen molar-refractivity contribution in [3.05, 3.63) is 0 Å². The van der Waals surface area contributed by atoms with E-state index in [0.717, 1.165) is 6.04 Å². The Balaban J connectivity index is 0.000000292. The van der Waals surface area contributed by atoms with Crippen LogP contribution in [0.3, 0.4) is 0 Å². The maximum absolute atomic E-state index is 9.24. The summed E-state index contributed by atoms with van der Waals surface area (Å²) in [6, 6.07) is 0.888. The third-order valence-electron chi connectivity index (χ3n) is 2.57. The van der Waals surface area contributed by atoms with Crippen LogP contribution in [0.1, 0.15) is 32.6 Å². The molecule has 1 heterocycles. The van der Waals surface area contributed by atoms with E-state index < -0.39 is 5.97 Å². The molecular weight excluding hydrogens is 180 g/mol. The summed E-state index contributed by atoms with van der Waals surface area (Å²) in [6.07, 6.45) is 5.61. The number of carboxylic acid groups (broad SMARTS) is 1. The minimum absolute atomic E-state index is 0.278. The first-order valence-electron chi connectivity index (χ1n) is 5.23. The average molecular weight is 202 g/mol. The summed E-state index contributed by atoms with van der Waals surface area (Å²) < 4.78 is 0. The van der Waals surface area contributed by atoms with Gasteiger partial charge in [-0.1, -0.05) is 13.3 Å². The van der Waals surface area contributed by atoms with Gasteiger partial charge in [0.2, 0.25) is 0 Å². The van der Waals surface area contributed by atoms with Crippen LogP contribution in [0.25, 0.3) is 0 Å². The van der Waals surface area contributed by atoms with E-state index in [9.17, 15) is 4.79 Å². The van der Waals surface area contributed by atoms with Gasteiger partial charge in [0.05, 0.1) is 6.54 Å². The van der Waals surface area contributed by atoms with Gasteiger partial charge in [0.25, 0.3) is 0 Å². The molecular formula is C10H22N2O2. The normalized spacial score (nSPS) is 22.4. The van der Waals surface area contributed by atoms with E-state index in [-0.39, 0.29) is 6.54 Å². The van der Waals surface area contributed by atoms with E-state index in [0.29, 0.717) is 0 Å². The van der Waals surface area contributed by atoms with Crippen LogP contribution in [-0.2, 0) is 4.79 Å². The van der Waals surface area contributed by atoms with E-state index >= 15 is 0 Å². The molecule has 3 N–H and O–H groups in total. The largest absolute Gasteiger partial charge is 0.480 e. The number of carbonyl (C=O) groups is 1. The van der Waals surface area contributed by atoms with Crippen LogP contribution in [0.2, 0.25) is 0 Å². The Morgan fingerprint density at radius 2 is 2.14 bits per heavy atom. The lowest BCUT2D eigenvalue weighted by Crippen LogP contribution is -2.35. The number of likely N-dealkylation sites (tertiary alicyclic amines) is 1. The molecule has 0 radical (unpaired) electrons. The molecule has 0 aromatic heterocycles. The Morgan fingerprint density at radius 1 is 1.57 bits per heavy atom. The first-order chi connectivity index (χ1) is 6.61. The number of nitrogens with two attached hydrogens (primary N) is 1. The lowest BCUT2D eigenvalue weighted by atomic mass is 10.0. The molecule has 1 aliphatic heterocycles. The van der Waals surface area contributed by atoms with Crippen molar-refractivity contribution in [2.75, 3.05) is 20.1 Å². The van der Waals surface area contributed by atoms with Crippen molar-refractivity contribution in [2.45, 2.75) is 38.6 Å². The Labute approximate surface area is 86.1 Å². The molecule has 4 nitrogen and oxygen atoms in total. The number of nitrogens with zero attached hydrogens (tertiary/aromatic N) is 1. The Hall–Kier alpha value is -0.610. The van der Waals surface area contributed by atoms with Crippen LogP contribution in [0.4, 0.5) is 0 Å². The molecule has 4 heteroatoms. The average Bonchev–Trinajstić information content (AvgIpc) is 2.19. The van der Waals surface area contributed by atoms with Crippen LogP contribution in [0, 0.1) is 0 Å². The highest BCUT2D eigenvalue weighted by Gasteiger charge is 2.15. The highest BCUT2D eigenvalue weighted by molar-refractivity contribution is 5.68. The van der Waals surface area contributed by atoms with Gasteiger partial charge in [-0.25, -0.2) is 0 Å². The molecule has 84 valence electrons. The molecule has 0 saturated carbocycles. The predicted octanol–water partition coefficient (Wildman–Crippen LogP) is 0.910. The molecule has 0 aliphatic carbocycles. The lowest BCUT2D eigenvalue weighted by Gasteiger charge is -2.31. The molecule has 1 fully saturated rings. The monoisotopic (exact) mass is 202 g/mol. The Morgan fingerprint density at radius 3 is 2.43 bits per heavy atom. The molecule has 0 aromatic carbocycles. The van der Waals surface area contributed by atoms with Crippen LogP contribution in [0.5, 0.6) is 0 Å². The van der Waals surface area contributed by atoms with Gasteiger partial charge in [0, 0.05) is 6.04 Å². The zero-order valence-electron chi connectivity index (χ0n) is 9.20. The van der Waals surface area contributed by atoms with Crippen LogP contribution in [0.15, 0.2) is 0 Å². The third-order valence-corrected chi connectivity index (χ3v) is 2.57. The minimum atomic E-state index is -0.968. The summed E-state index contributed by atoms with van der Waals surface area (Å²) in [5.41, 5.74) is 4.57. The summed E-state index contributed by atoms with van der Waals surface area (Å²) >= 11 is 0. The van der Waals surface area contributed by atoms with E-state index in [1.165, 1.54) is 32.2 Å². The molecule has 14 heavy (non-hydrogen) atoms. The van der Waals surface area contributed by atoms with Crippen LogP contribution >= 0.6 is 0 Å². The highest BCUT2D eigenvalue weighted by atomic mass is 16.4. The van der Waals surface area contributed by atoms with Crippen LogP contribution < -0.4 is 5.73 Å². The van der Waals surface area contributed by atoms with Gasteiger partial charge in [-0.3, -0.25) is 4.79 Å². The minimum Gasteiger partial charge on any atom is -0.480 e. The van der Waals surface area contributed by atoms with Crippen molar-refractivity contribution >= 4 is 5.97 Å². The van der Waals surface area contributed by atoms with Gasteiger partial charge in [-0.2, -0.15) is 0 Å². The predicted molar refractivity (Wildman–Crippen MR) is 57.3 cm³/mol. The topological polar surface area (TPSA) is 66.6 Å². The van der Waals surface area contributed by atoms with Crippen molar-refractivity contribution in [2.24, 2.45) is 5.73 Å². The van der Waals surface area contributed by atoms with Crippen molar-refractivity contribution in [1.29, 1.82) is 0 Å². The second kappa shape index (κ2) is 7.76. The number of rotatable bonds is 2. The quantitative estimate of drug-likeness (QED) is 0.698. The fraction of sp³-hybridized carbons (Fsp3) is 0.900. The summed E-state index contributed by atoms with van der Waals surface area (Å²) in [5.74, 6) is -0.968. The molecule has 1 rings (SSSR count). The van der Waals surface area contributed by atoms with Gasteiger partial charge in [0.15, 0.2) is 0 Å². The summed E-state index contributed by atoms with van der Waals surface area (Å²) in [5, 5.41) is 7.60. The van der Waals surface area contributed by atoms with Gasteiger partial charge in [-0.15, -0.1) is 0 Å². The molecule has 1 saturated heterocycles. The van der Waals surface area contributed by atoms with Gasteiger partial charge >= 0.3 is 5.97 Å². The molecule has 1 atom stereocenters. The number of hydrogen-bond acceptors (Lipinski definition) is 3. The maximum Gasteiger partial charge on any atom is 0.317 e. The maximum atomic E-state index is 9.24. The fourth-order valence-electron chi connectivity index (χ4n) is 1.66. The van der Waals surface area contributed by atoms with E-state index in [1.54, 1.807) is 0 Å². The number of aliphatic carboxylic acids is 1. The van der Waals surface area contributed by atoms with Crippen molar-refractivity contribution in [1.82, 2.24) is 4.90 Å². The number of piperidine rings is 1. The second-order valence-electron chi connectivity index (χ2n) is 3.64. The van der Waals surface area contributed by atoms with Crippen LogP contribution in [-0.4, -0.2) is 42.2 Å². The summed E-state index contributed by atoms with van der Waals surface area (Å²) in [6.45, 7) is 3.32. The molecule has 0 spiro atoms. The highest BCUT2D eigenvalue weighted by Crippen LogP contribution is 2.16. The fourth-order valence-corrected chi connectivity index (χ4v) is 1.66. The molecule has 1 unspecified atom stereocenters. The first-order valence-corrected chi connectivity index (χ1v) is 5.23. The zero-order valence-corrected chi connectivity index (χ0v) is 9.20. The van der Waals surface area contributed by atoms with Crippen molar-refractivity contribution < 1.29 is 9.90 Å².